The molecule has 1 atom stereocenters. The molecule has 0 bridgehead atoms. The molecule has 0 radical (unpaired) electrons. The number of benzene rings is 3. The molecular weight excluding hydrogens is 433 g/mol. The number of anilines is 2. The lowest BCUT2D eigenvalue weighted by Crippen LogP contribution is -2.36. The first-order chi connectivity index (χ1) is 15.8. The molecule has 33 heavy (non-hydrogen) atoms. The van der Waals surface area contributed by atoms with Gasteiger partial charge in [-0.2, -0.15) is 13.2 Å². The first-order valence-electron chi connectivity index (χ1n) is 10.7. The zero-order valence-corrected chi connectivity index (χ0v) is 18.4. The SMILES string of the molecule is COc1ccc2cc([C@@H](C)C(=O)Nc3ccc(N4CCOCC4)cc3C(F)(F)F)ccc2c1. The Balaban J connectivity index is 1.57. The fourth-order valence-corrected chi connectivity index (χ4v) is 3.92. The van der Waals surface area contributed by atoms with E-state index < -0.39 is 23.6 Å². The van der Waals surface area contributed by atoms with Crippen molar-refractivity contribution in [3.63, 3.8) is 0 Å². The maximum atomic E-state index is 13.8. The van der Waals surface area contributed by atoms with Crippen molar-refractivity contribution in [2.24, 2.45) is 0 Å². The highest BCUT2D eigenvalue weighted by Crippen LogP contribution is 2.38. The van der Waals surface area contributed by atoms with Gasteiger partial charge in [0.25, 0.3) is 0 Å². The second-order valence-electron chi connectivity index (χ2n) is 8.01. The van der Waals surface area contributed by atoms with Crippen molar-refractivity contribution in [2.75, 3.05) is 43.6 Å². The Hall–Kier alpha value is -3.26. The number of carbonyl (C=O) groups excluding carboxylic acids is 1. The van der Waals surface area contributed by atoms with Gasteiger partial charge in [-0.3, -0.25) is 4.79 Å². The molecule has 0 unspecified atom stereocenters. The summed E-state index contributed by atoms with van der Waals surface area (Å²) in [4.78, 5) is 14.7. The predicted octanol–water partition coefficient (Wildman–Crippen LogP) is 5.45. The van der Waals surface area contributed by atoms with Gasteiger partial charge in [-0.15, -0.1) is 0 Å². The van der Waals surface area contributed by atoms with E-state index in [0.29, 0.717) is 37.6 Å². The first kappa shape index (κ1) is 22.9. The van der Waals surface area contributed by atoms with Crippen molar-refractivity contribution in [3.8, 4) is 5.75 Å². The Morgan fingerprint density at radius 3 is 2.42 bits per heavy atom. The average Bonchev–Trinajstić information content (AvgIpc) is 2.83. The average molecular weight is 458 g/mol. The number of ether oxygens (including phenoxy) is 2. The van der Waals surface area contributed by atoms with Crippen LogP contribution < -0.4 is 15.0 Å². The smallest absolute Gasteiger partial charge is 0.418 e. The Bertz CT molecular complexity index is 1160. The van der Waals surface area contributed by atoms with Crippen LogP contribution in [0.4, 0.5) is 24.5 Å². The van der Waals surface area contributed by atoms with E-state index in [4.69, 9.17) is 9.47 Å². The number of alkyl halides is 3. The van der Waals surface area contributed by atoms with Crippen LogP contribution in [0.1, 0.15) is 24.0 Å². The van der Waals surface area contributed by atoms with Crippen molar-refractivity contribution in [1.29, 1.82) is 0 Å². The van der Waals surface area contributed by atoms with Gasteiger partial charge in [-0.25, -0.2) is 0 Å². The summed E-state index contributed by atoms with van der Waals surface area (Å²) in [6.45, 7) is 3.66. The van der Waals surface area contributed by atoms with Gasteiger partial charge in [0, 0.05) is 18.8 Å². The summed E-state index contributed by atoms with van der Waals surface area (Å²) >= 11 is 0. The fourth-order valence-electron chi connectivity index (χ4n) is 3.92. The Kier molecular flexibility index (Phi) is 6.47. The summed E-state index contributed by atoms with van der Waals surface area (Å²) in [5.74, 6) is -0.426. The Morgan fingerprint density at radius 2 is 1.73 bits per heavy atom. The van der Waals surface area contributed by atoms with Gasteiger partial charge < -0.3 is 19.7 Å². The summed E-state index contributed by atoms with van der Waals surface area (Å²) in [6.07, 6.45) is -4.60. The molecule has 8 heteroatoms. The van der Waals surface area contributed by atoms with Gasteiger partial charge in [-0.1, -0.05) is 24.3 Å². The van der Waals surface area contributed by atoms with Crippen LogP contribution in [-0.4, -0.2) is 39.3 Å². The monoisotopic (exact) mass is 458 g/mol. The summed E-state index contributed by atoms with van der Waals surface area (Å²) in [5, 5.41) is 4.35. The highest BCUT2D eigenvalue weighted by molar-refractivity contribution is 5.97. The molecule has 174 valence electrons. The molecule has 0 aliphatic carbocycles. The van der Waals surface area contributed by atoms with Crippen LogP contribution >= 0.6 is 0 Å². The third-order valence-corrected chi connectivity index (χ3v) is 5.91. The van der Waals surface area contributed by atoms with E-state index in [-0.39, 0.29) is 5.69 Å². The molecule has 0 spiro atoms. The number of carbonyl (C=O) groups is 1. The summed E-state index contributed by atoms with van der Waals surface area (Å²) in [5.41, 5.74) is 0.0600. The third-order valence-electron chi connectivity index (χ3n) is 5.91. The van der Waals surface area contributed by atoms with Crippen molar-refractivity contribution < 1.29 is 27.4 Å². The van der Waals surface area contributed by atoms with Crippen molar-refractivity contribution in [1.82, 2.24) is 0 Å². The summed E-state index contributed by atoms with van der Waals surface area (Å²) in [7, 11) is 1.59. The lowest BCUT2D eigenvalue weighted by molar-refractivity contribution is -0.137. The zero-order valence-electron chi connectivity index (χ0n) is 18.4. The zero-order chi connectivity index (χ0) is 23.6. The topological polar surface area (TPSA) is 50.8 Å². The molecule has 1 amide bonds. The highest BCUT2D eigenvalue weighted by Gasteiger charge is 2.35. The number of fused-ring (bicyclic) bond motifs is 1. The van der Waals surface area contributed by atoms with Crippen LogP contribution in [0.15, 0.2) is 54.6 Å². The van der Waals surface area contributed by atoms with E-state index in [2.05, 4.69) is 5.32 Å². The Labute approximate surface area is 190 Å². The van der Waals surface area contributed by atoms with Crippen molar-refractivity contribution in [3.05, 3.63) is 65.7 Å². The maximum absolute atomic E-state index is 13.8. The molecule has 1 N–H and O–H groups in total. The normalized spacial score (nSPS) is 15.4. The molecule has 1 aliphatic heterocycles. The van der Waals surface area contributed by atoms with Gasteiger partial charge in [0.1, 0.15) is 5.75 Å². The minimum absolute atomic E-state index is 0.248. The summed E-state index contributed by atoms with van der Waals surface area (Å²) < 4.78 is 51.9. The number of nitrogens with one attached hydrogen (secondary N) is 1. The molecule has 1 saturated heterocycles. The van der Waals surface area contributed by atoms with Crippen LogP contribution in [-0.2, 0) is 15.7 Å². The van der Waals surface area contributed by atoms with Gasteiger partial charge in [0.05, 0.1) is 37.5 Å². The van der Waals surface area contributed by atoms with Crippen LogP contribution in [0, 0.1) is 0 Å². The number of morpholine rings is 1. The van der Waals surface area contributed by atoms with E-state index in [1.54, 1.807) is 26.2 Å². The van der Waals surface area contributed by atoms with E-state index in [9.17, 15) is 18.0 Å². The number of halogens is 3. The number of hydrogen-bond donors (Lipinski definition) is 1. The minimum atomic E-state index is -4.60. The predicted molar refractivity (Wildman–Crippen MR) is 122 cm³/mol. The number of hydrogen-bond acceptors (Lipinski definition) is 4. The van der Waals surface area contributed by atoms with Crippen LogP contribution in [0.3, 0.4) is 0 Å². The quantitative estimate of drug-likeness (QED) is 0.553. The van der Waals surface area contributed by atoms with Gasteiger partial charge in [0.15, 0.2) is 0 Å². The standard InChI is InChI=1S/C25H25F3N2O3/c1-16(17-3-4-19-14-21(32-2)7-5-18(19)13-17)24(31)29-23-8-6-20(15-22(23)25(26,27)28)30-9-11-33-12-10-30/h3-8,13-16H,9-12H2,1-2H3,(H,29,31)/t16-/m1/s1. The van der Waals surface area contributed by atoms with Gasteiger partial charge >= 0.3 is 6.18 Å². The van der Waals surface area contributed by atoms with E-state index in [0.717, 1.165) is 22.6 Å². The van der Waals surface area contributed by atoms with Crippen LogP contribution in [0.2, 0.25) is 0 Å². The molecule has 1 fully saturated rings. The molecule has 1 aliphatic rings. The largest absolute Gasteiger partial charge is 0.497 e. The maximum Gasteiger partial charge on any atom is 0.418 e. The first-order valence-corrected chi connectivity index (χ1v) is 10.7. The van der Waals surface area contributed by atoms with Crippen molar-refractivity contribution in [2.45, 2.75) is 19.0 Å². The minimum Gasteiger partial charge on any atom is -0.497 e. The van der Waals surface area contributed by atoms with Gasteiger partial charge in [0.2, 0.25) is 5.91 Å². The highest BCUT2D eigenvalue weighted by atomic mass is 19.4. The molecule has 3 aromatic carbocycles. The third kappa shape index (κ3) is 5.06. The number of rotatable bonds is 5. The molecule has 4 rings (SSSR count). The number of nitrogens with zero attached hydrogens (tertiary/aromatic N) is 1. The number of methoxy groups -OCH3 is 1. The summed E-state index contributed by atoms with van der Waals surface area (Å²) in [6, 6.07) is 15.1. The van der Waals surface area contributed by atoms with Gasteiger partial charge in [-0.05, 0) is 53.6 Å². The van der Waals surface area contributed by atoms with E-state index >= 15 is 0 Å². The molecular formula is C25H25F3N2O3. The second-order valence-corrected chi connectivity index (χ2v) is 8.01. The second kappa shape index (κ2) is 9.31. The lowest BCUT2D eigenvalue weighted by atomic mass is 9.96. The Morgan fingerprint density at radius 1 is 1.03 bits per heavy atom. The van der Waals surface area contributed by atoms with Crippen LogP contribution in [0.25, 0.3) is 10.8 Å². The lowest BCUT2D eigenvalue weighted by Gasteiger charge is -2.29. The molecule has 5 nitrogen and oxygen atoms in total. The fraction of sp³-hybridized carbons (Fsp3) is 0.320. The van der Waals surface area contributed by atoms with E-state index in [1.807, 2.05) is 35.2 Å². The molecule has 3 aromatic rings. The number of amides is 1. The molecule has 0 saturated carbocycles. The van der Waals surface area contributed by atoms with Crippen molar-refractivity contribution >= 4 is 28.1 Å². The van der Waals surface area contributed by atoms with Crippen LogP contribution in [0.5, 0.6) is 5.75 Å². The molecule has 0 aromatic heterocycles. The van der Waals surface area contributed by atoms with E-state index in [1.165, 1.54) is 6.07 Å². The molecule has 1 heterocycles.